The molecule has 34 heavy (non-hydrogen) atoms. The van der Waals surface area contributed by atoms with E-state index in [4.69, 9.17) is 10.6 Å². The molecule has 2 heterocycles. The highest BCUT2D eigenvalue weighted by molar-refractivity contribution is 5.94. The van der Waals surface area contributed by atoms with Crippen LogP contribution >= 0.6 is 0 Å². The van der Waals surface area contributed by atoms with Crippen LogP contribution in [-0.2, 0) is 17.6 Å². The van der Waals surface area contributed by atoms with Gasteiger partial charge in [-0.05, 0) is 48.4 Å². The number of aromatic amines is 1. The fraction of sp³-hybridized carbons (Fsp3) is 0.115. The lowest BCUT2D eigenvalue weighted by Gasteiger charge is -2.08. The summed E-state index contributed by atoms with van der Waals surface area (Å²) < 4.78 is 19.8. The third-order valence-corrected chi connectivity index (χ3v) is 5.23. The molecule has 0 saturated heterocycles. The monoisotopic (exact) mass is 458 g/mol. The number of halogens is 1. The topological polar surface area (TPSA) is 110 Å². The average molecular weight is 458 g/mol. The van der Waals surface area contributed by atoms with Gasteiger partial charge in [0.15, 0.2) is 0 Å². The fourth-order valence-corrected chi connectivity index (χ4v) is 3.53. The molecule has 4 aromatic rings. The SMILES string of the molecule is Cc1ccc(F)c(CC(=O)Cc2ccc(Oc3ccnc(-c4cc(C(=O)NN)c[nH]4)c3)cc2)c1. The predicted octanol–water partition coefficient (Wildman–Crippen LogP) is 4.27. The first-order valence-corrected chi connectivity index (χ1v) is 10.6. The van der Waals surface area contributed by atoms with Crippen LogP contribution in [0.5, 0.6) is 11.5 Å². The Labute approximate surface area is 195 Å². The molecule has 0 aliphatic rings. The molecule has 172 valence electrons. The van der Waals surface area contributed by atoms with E-state index in [9.17, 15) is 14.0 Å². The van der Waals surface area contributed by atoms with Crippen molar-refractivity contribution in [1.29, 1.82) is 0 Å². The van der Waals surface area contributed by atoms with Crippen LogP contribution in [0.15, 0.2) is 73.1 Å². The molecule has 0 spiro atoms. The van der Waals surface area contributed by atoms with Gasteiger partial charge < -0.3 is 9.72 Å². The van der Waals surface area contributed by atoms with Gasteiger partial charge in [-0.3, -0.25) is 20.0 Å². The highest BCUT2D eigenvalue weighted by Crippen LogP contribution is 2.26. The van der Waals surface area contributed by atoms with Gasteiger partial charge in [0.2, 0.25) is 0 Å². The minimum atomic E-state index is -0.405. The second-order valence-electron chi connectivity index (χ2n) is 7.89. The van der Waals surface area contributed by atoms with E-state index in [0.29, 0.717) is 34.0 Å². The Morgan fingerprint density at radius 1 is 1.03 bits per heavy atom. The first-order chi connectivity index (χ1) is 16.4. The Bertz CT molecular complexity index is 1330. The number of hydrogen-bond donors (Lipinski definition) is 3. The number of nitrogens with zero attached hydrogens (tertiary/aromatic N) is 1. The Morgan fingerprint density at radius 2 is 1.82 bits per heavy atom. The molecular weight excluding hydrogens is 435 g/mol. The highest BCUT2D eigenvalue weighted by atomic mass is 19.1. The molecule has 2 aromatic carbocycles. The van der Waals surface area contributed by atoms with Crippen LogP contribution in [0.3, 0.4) is 0 Å². The number of aromatic nitrogens is 2. The Balaban J connectivity index is 1.39. The summed E-state index contributed by atoms with van der Waals surface area (Å²) in [5, 5.41) is 0. The van der Waals surface area contributed by atoms with E-state index >= 15 is 0 Å². The smallest absolute Gasteiger partial charge is 0.266 e. The lowest BCUT2D eigenvalue weighted by atomic mass is 10.0. The van der Waals surface area contributed by atoms with Crippen molar-refractivity contribution in [2.75, 3.05) is 0 Å². The van der Waals surface area contributed by atoms with Crippen molar-refractivity contribution in [3.63, 3.8) is 0 Å². The third kappa shape index (κ3) is 5.54. The minimum Gasteiger partial charge on any atom is -0.457 e. The third-order valence-electron chi connectivity index (χ3n) is 5.23. The molecular formula is C26H23FN4O3. The summed E-state index contributed by atoms with van der Waals surface area (Å²) in [4.78, 5) is 31.4. The van der Waals surface area contributed by atoms with Gasteiger partial charge in [0, 0.05) is 31.3 Å². The van der Waals surface area contributed by atoms with Crippen molar-refractivity contribution < 1.29 is 18.7 Å². The number of benzene rings is 2. The Hall–Kier alpha value is -4.30. The number of hydrogen-bond acceptors (Lipinski definition) is 5. The van der Waals surface area contributed by atoms with Gasteiger partial charge in [-0.2, -0.15) is 0 Å². The number of nitrogens with one attached hydrogen (secondary N) is 2. The average Bonchev–Trinajstić information content (AvgIpc) is 3.33. The number of rotatable bonds is 8. The second kappa shape index (κ2) is 10.1. The summed E-state index contributed by atoms with van der Waals surface area (Å²) in [6, 6.07) is 17.0. The number of nitrogen functional groups attached to an aromatic ring is 1. The van der Waals surface area contributed by atoms with Crippen molar-refractivity contribution in [1.82, 2.24) is 15.4 Å². The van der Waals surface area contributed by atoms with Gasteiger partial charge in [0.1, 0.15) is 23.1 Å². The van der Waals surface area contributed by atoms with Gasteiger partial charge >= 0.3 is 0 Å². The zero-order valence-corrected chi connectivity index (χ0v) is 18.5. The number of hydrazine groups is 1. The summed E-state index contributed by atoms with van der Waals surface area (Å²) in [5.74, 6) is 5.48. The van der Waals surface area contributed by atoms with E-state index in [0.717, 1.165) is 11.1 Å². The van der Waals surface area contributed by atoms with E-state index in [-0.39, 0.29) is 24.4 Å². The van der Waals surface area contributed by atoms with Crippen LogP contribution in [0.2, 0.25) is 0 Å². The largest absolute Gasteiger partial charge is 0.457 e. The lowest BCUT2D eigenvalue weighted by molar-refractivity contribution is -0.117. The molecule has 1 amide bonds. The Kier molecular flexibility index (Phi) is 6.79. The van der Waals surface area contributed by atoms with Crippen molar-refractivity contribution >= 4 is 11.7 Å². The molecule has 0 fully saturated rings. The van der Waals surface area contributed by atoms with Crippen LogP contribution in [0.4, 0.5) is 4.39 Å². The van der Waals surface area contributed by atoms with Gasteiger partial charge in [-0.1, -0.05) is 29.8 Å². The number of amides is 1. The number of H-pyrrole nitrogens is 1. The molecule has 8 heteroatoms. The number of ketones is 1. The molecule has 4 rings (SSSR count). The van der Waals surface area contributed by atoms with E-state index in [2.05, 4.69) is 15.4 Å². The fourth-order valence-electron chi connectivity index (χ4n) is 3.53. The van der Waals surface area contributed by atoms with E-state index in [1.807, 2.05) is 19.1 Å². The van der Waals surface area contributed by atoms with E-state index in [1.54, 1.807) is 54.9 Å². The minimum absolute atomic E-state index is 0.0545. The summed E-state index contributed by atoms with van der Waals surface area (Å²) in [6.07, 6.45) is 3.41. The number of nitrogens with two attached hydrogens (primary N) is 1. The highest BCUT2D eigenvalue weighted by Gasteiger charge is 2.11. The van der Waals surface area contributed by atoms with Gasteiger partial charge in [-0.25, -0.2) is 10.2 Å². The van der Waals surface area contributed by atoms with Crippen LogP contribution in [-0.4, -0.2) is 21.7 Å². The van der Waals surface area contributed by atoms with Crippen LogP contribution in [0.1, 0.15) is 27.0 Å². The van der Waals surface area contributed by atoms with Crippen molar-refractivity contribution in [3.05, 3.63) is 101 Å². The summed E-state index contributed by atoms with van der Waals surface area (Å²) in [5.41, 5.74) is 5.86. The first-order valence-electron chi connectivity index (χ1n) is 10.6. The predicted molar refractivity (Wildman–Crippen MR) is 126 cm³/mol. The normalized spacial score (nSPS) is 10.7. The lowest BCUT2D eigenvalue weighted by Crippen LogP contribution is -2.29. The summed E-state index contributed by atoms with van der Waals surface area (Å²) >= 11 is 0. The molecule has 0 bridgehead atoms. The van der Waals surface area contributed by atoms with E-state index < -0.39 is 5.91 Å². The van der Waals surface area contributed by atoms with Crippen LogP contribution < -0.4 is 16.0 Å². The number of pyridine rings is 1. The number of ether oxygens (including phenoxy) is 1. The maximum atomic E-state index is 13.9. The molecule has 0 radical (unpaired) electrons. The molecule has 4 N–H and O–H groups in total. The zero-order valence-electron chi connectivity index (χ0n) is 18.5. The quantitative estimate of drug-likeness (QED) is 0.207. The maximum Gasteiger partial charge on any atom is 0.266 e. The maximum absolute atomic E-state index is 13.9. The molecule has 0 atom stereocenters. The molecule has 0 unspecified atom stereocenters. The van der Waals surface area contributed by atoms with E-state index in [1.165, 1.54) is 6.07 Å². The first kappa shape index (κ1) is 22.9. The number of carbonyl (C=O) groups is 2. The van der Waals surface area contributed by atoms with Crippen LogP contribution in [0, 0.1) is 12.7 Å². The van der Waals surface area contributed by atoms with Gasteiger partial charge in [0.05, 0.1) is 17.0 Å². The van der Waals surface area contributed by atoms with Gasteiger partial charge in [0.25, 0.3) is 5.91 Å². The standard InChI is InChI=1S/C26H23FN4O3/c1-16-2-7-23(27)18(10-16)12-20(32)11-17-3-5-21(6-4-17)34-22-8-9-29-25(14-22)24-13-19(15-30-24)26(33)31-28/h2-10,13-15,30H,11-12,28H2,1H3,(H,31,33). The summed E-state index contributed by atoms with van der Waals surface area (Å²) in [6.45, 7) is 1.87. The molecule has 7 nitrogen and oxygen atoms in total. The number of carbonyl (C=O) groups excluding carboxylic acids is 2. The molecule has 0 aliphatic heterocycles. The second-order valence-corrected chi connectivity index (χ2v) is 7.89. The summed E-state index contributed by atoms with van der Waals surface area (Å²) in [7, 11) is 0. The zero-order chi connectivity index (χ0) is 24.1. The van der Waals surface area contributed by atoms with Crippen molar-refractivity contribution in [2.24, 2.45) is 5.84 Å². The Morgan fingerprint density at radius 3 is 2.59 bits per heavy atom. The molecule has 0 aliphatic carbocycles. The molecule has 0 saturated carbocycles. The van der Waals surface area contributed by atoms with Crippen LogP contribution in [0.25, 0.3) is 11.4 Å². The van der Waals surface area contributed by atoms with Crippen molar-refractivity contribution in [3.8, 4) is 22.9 Å². The number of aryl methyl sites for hydroxylation is 1. The number of Topliss-reactive ketones (excluding diaryl/α,β-unsaturated/α-hetero) is 1. The van der Waals surface area contributed by atoms with Crippen molar-refractivity contribution in [2.45, 2.75) is 19.8 Å². The molecule has 2 aromatic heterocycles. The van der Waals surface area contributed by atoms with Gasteiger partial charge in [-0.15, -0.1) is 0 Å².